The second-order valence-electron chi connectivity index (χ2n) is 2.47. The van der Waals surface area contributed by atoms with Crippen LogP contribution in [-0.4, -0.2) is 12.1 Å². The van der Waals surface area contributed by atoms with Gasteiger partial charge in [0.2, 0.25) is 0 Å². The summed E-state index contributed by atoms with van der Waals surface area (Å²) in [5.41, 5.74) is 0.911. The van der Waals surface area contributed by atoms with Crippen LogP contribution in [0.5, 0.6) is 5.75 Å². The minimum absolute atomic E-state index is 0. The number of aromatic nitrogens is 1. The Hall–Kier alpha value is -0.701. The van der Waals surface area contributed by atoms with Crippen molar-refractivity contribution >= 4 is 11.3 Å². The van der Waals surface area contributed by atoms with E-state index in [0.29, 0.717) is 0 Å². The molecular formula is C10H8IrNOS-. The zero-order valence-corrected chi connectivity index (χ0v) is 10.7. The first-order valence-corrected chi connectivity index (χ1v) is 4.74. The van der Waals surface area contributed by atoms with Gasteiger partial charge in [-0.2, -0.15) is 12.1 Å². The van der Waals surface area contributed by atoms with Crippen molar-refractivity contribution < 1.29 is 24.8 Å². The van der Waals surface area contributed by atoms with Crippen LogP contribution in [0.25, 0.3) is 10.6 Å². The maximum absolute atomic E-state index is 5.10. The molecule has 2 nitrogen and oxygen atoms in total. The number of pyridine rings is 1. The minimum Gasteiger partial charge on any atom is -0.498 e. The molecule has 1 radical (unpaired) electrons. The molecule has 75 valence electrons. The SMILES string of the molecule is COc1ccnc(-c2[c-]ccs2)c1.[Ir]. The van der Waals surface area contributed by atoms with Gasteiger partial charge in [-0.3, -0.25) is 0 Å². The Morgan fingerprint density at radius 2 is 2.36 bits per heavy atom. The van der Waals surface area contributed by atoms with E-state index in [1.165, 1.54) is 0 Å². The largest absolute Gasteiger partial charge is 0.498 e. The first-order chi connectivity index (χ1) is 6.40. The van der Waals surface area contributed by atoms with Crippen molar-refractivity contribution in [1.29, 1.82) is 0 Å². The zero-order valence-electron chi connectivity index (χ0n) is 7.48. The number of hydrogen-bond donors (Lipinski definition) is 0. The van der Waals surface area contributed by atoms with Crippen molar-refractivity contribution in [3.63, 3.8) is 0 Å². The van der Waals surface area contributed by atoms with E-state index in [2.05, 4.69) is 11.1 Å². The van der Waals surface area contributed by atoms with Crippen LogP contribution in [0.4, 0.5) is 0 Å². The van der Waals surface area contributed by atoms with Crippen LogP contribution in [0.15, 0.2) is 29.8 Å². The summed E-state index contributed by atoms with van der Waals surface area (Å²) in [4.78, 5) is 5.27. The van der Waals surface area contributed by atoms with Gasteiger partial charge in [-0.05, 0) is 17.8 Å². The molecule has 0 N–H and O–H groups in total. The molecule has 14 heavy (non-hydrogen) atoms. The van der Waals surface area contributed by atoms with E-state index in [0.717, 1.165) is 16.3 Å². The normalized spacial score (nSPS) is 9.21. The molecule has 0 aliphatic heterocycles. The molecule has 2 aromatic heterocycles. The first-order valence-electron chi connectivity index (χ1n) is 3.86. The smallest absolute Gasteiger partial charge is 0.110 e. The van der Waals surface area contributed by atoms with Gasteiger partial charge < -0.3 is 9.72 Å². The third kappa shape index (κ3) is 2.41. The Morgan fingerprint density at radius 3 is 3.00 bits per heavy atom. The van der Waals surface area contributed by atoms with Crippen LogP contribution >= 0.6 is 11.3 Å². The predicted octanol–water partition coefficient (Wildman–Crippen LogP) is 2.62. The standard InChI is InChI=1S/C10H8NOS.Ir/c1-12-8-4-5-11-9(7-8)10-3-2-6-13-10;/h2,4-7H,1H3;/q-1;. The van der Waals surface area contributed by atoms with Crippen molar-refractivity contribution in [3.8, 4) is 16.3 Å². The average molecular weight is 382 g/mol. The molecule has 0 atom stereocenters. The minimum atomic E-state index is 0. The third-order valence-corrected chi connectivity index (χ3v) is 2.50. The molecule has 2 aromatic rings. The molecule has 0 fully saturated rings. The van der Waals surface area contributed by atoms with Crippen molar-refractivity contribution in [2.75, 3.05) is 7.11 Å². The monoisotopic (exact) mass is 383 g/mol. The summed E-state index contributed by atoms with van der Waals surface area (Å²) >= 11 is 1.62. The van der Waals surface area contributed by atoms with Crippen LogP contribution < -0.4 is 4.74 Å². The van der Waals surface area contributed by atoms with E-state index in [4.69, 9.17) is 4.74 Å². The molecule has 0 spiro atoms. The fraction of sp³-hybridized carbons (Fsp3) is 0.100. The number of thiophene rings is 1. The summed E-state index contributed by atoms with van der Waals surface area (Å²) in [7, 11) is 1.65. The third-order valence-electron chi connectivity index (χ3n) is 1.67. The summed E-state index contributed by atoms with van der Waals surface area (Å²) in [5, 5.41) is 1.98. The van der Waals surface area contributed by atoms with E-state index in [-0.39, 0.29) is 20.1 Å². The number of methoxy groups -OCH3 is 1. The Balaban J connectivity index is 0.000000980. The van der Waals surface area contributed by atoms with Crippen LogP contribution in [0.1, 0.15) is 0 Å². The van der Waals surface area contributed by atoms with Gasteiger partial charge in [-0.15, -0.1) is 5.38 Å². The van der Waals surface area contributed by atoms with E-state index in [1.807, 2.05) is 23.6 Å². The molecule has 0 unspecified atom stereocenters. The quantitative estimate of drug-likeness (QED) is 0.745. The second kappa shape index (κ2) is 5.25. The van der Waals surface area contributed by atoms with E-state index in [9.17, 15) is 0 Å². The fourth-order valence-corrected chi connectivity index (χ4v) is 1.68. The maximum Gasteiger partial charge on any atom is 0.110 e. The van der Waals surface area contributed by atoms with Gasteiger partial charge in [0.15, 0.2) is 0 Å². The van der Waals surface area contributed by atoms with Crippen LogP contribution in [0.3, 0.4) is 0 Å². The van der Waals surface area contributed by atoms with Crippen molar-refractivity contribution in [3.05, 3.63) is 35.8 Å². The van der Waals surface area contributed by atoms with Crippen molar-refractivity contribution in [2.24, 2.45) is 0 Å². The zero-order chi connectivity index (χ0) is 9.10. The summed E-state index contributed by atoms with van der Waals surface area (Å²) in [5.74, 6) is 0.826. The Kier molecular flexibility index (Phi) is 4.26. The number of nitrogens with zero attached hydrogens (tertiary/aromatic N) is 1. The Bertz CT molecular complexity index is 389. The molecule has 0 saturated carbocycles. The van der Waals surface area contributed by atoms with Gasteiger partial charge in [-0.25, -0.2) is 11.3 Å². The van der Waals surface area contributed by atoms with E-state index < -0.39 is 0 Å². The van der Waals surface area contributed by atoms with Gasteiger partial charge in [0.25, 0.3) is 0 Å². The Labute approximate surface area is 100 Å². The Morgan fingerprint density at radius 1 is 1.50 bits per heavy atom. The molecule has 0 aromatic carbocycles. The van der Waals surface area contributed by atoms with Gasteiger partial charge in [0, 0.05) is 26.3 Å². The van der Waals surface area contributed by atoms with Crippen LogP contribution in [0.2, 0.25) is 0 Å². The van der Waals surface area contributed by atoms with E-state index in [1.54, 1.807) is 24.6 Å². The number of hydrogen-bond acceptors (Lipinski definition) is 3. The van der Waals surface area contributed by atoms with Crippen molar-refractivity contribution in [2.45, 2.75) is 0 Å². The summed E-state index contributed by atoms with van der Waals surface area (Å²) in [6, 6.07) is 8.73. The number of rotatable bonds is 2. The summed E-state index contributed by atoms with van der Waals surface area (Å²) in [6.45, 7) is 0. The van der Waals surface area contributed by atoms with Gasteiger partial charge >= 0.3 is 0 Å². The molecule has 0 aliphatic rings. The molecule has 4 heteroatoms. The summed E-state index contributed by atoms with van der Waals surface area (Å²) < 4.78 is 5.10. The van der Waals surface area contributed by atoms with Crippen molar-refractivity contribution in [1.82, 2.24) is 4.98 Å². The predicted molar refractivity (Wildman–Crippen MR) is 52.9 cm³/mol. The number of ether oxygens (including phenoxy) is 1. The van der Waals surface area contributed by atoms with Crippen LogP contribution in [0, 0.1) is 6.07 Å². The van der Waals surface area contributed by atoms with Gasteiger partial charge in [0.05, 0.1) is 7.11 Å². The summed E-state index contributed by atoms with van der Waals surface area (Å²) in [6.07, 6.45) is 1.74. The maximum atomic E-state index is 5.10. The van der Waals surface area contributed by atoms with E-state index >= 15 is 0 Å². The first kappa shape index (κ1) is 11.4. The van der Waals surface area contributed by atoms with Gasteiger partial charge in [0.1, 0.15) is 5.75 Å². The molecule has 2 rings (SSSR count). The average Bonchev–Trinajstić information content (AvgIpc) is 2.71. The molecule has 2 heterocycles. The second-order valence-corrected chi connectivity index (χ2v) is 3.39. The molecule has 0 bridgehead atoms. The molecule has 0 saturated heterocycles. The van der Waals surface area contributed by atoms with Gasteiger partial charge in [-0.1, -0.05) is 4.88 Å². The molecule has 0 amide bonds. The fourth-order valence-electron chi connectivity index (χ4n) is 1.04. The van der Waals surface area contributed by atoms with Crippen LogP contribution in [-0.2, 0) is 20.1 Å². The molecular weight excluding hydrogens is 374 g/mol. The molecule has 0 aliphatic carbocycles. The topological polar surface area (TPSA) is 22.1 Å².